The standard InChI is InChI=1S/C41H78NO2/c1-7-10-13-16-19-22-25-29-34-39(35-30-26-23-20-17-14-11-8-2)40(36-31-27-24-21-18-15-12-9-3)44-41(43)37-32-28-33-38-42(4,5)6/h19-24,39-40H,7-18,25-38H2,1-6H3/q+1/b22-19-,23-20-,24-21-. The number of allylic oxidation sites excluding steroid dienone is 6. The molecule has 0 aliphatic rings. The van der Waals surface area contributed by atoms with E-state index in [0.717, 1.165) is 68.8 Å². The van der Waals surface area contributed by atoms with Crippen LogP contribution in [0.4, 0.5) is 0 Å². The summed E-state index contributed by atoms with van der Waals surface area (Å²) >= 11 is 0. The molecule has 0 N–H and O–H groups in total. The third kappa shape index (κ3) is 30.7. The molecule has 0 amide bonds. The van der Waals surface area contributed by atoms with Gasteiger partial charge in [0.05, 0.1) is 27.7 Å². The summed E-state index contributed by atoms with van der Waals surface area (Å²) < 4.78 is 7.35. The molecule has 0 aliphatic carbocycles. The zero-order valence-electron chi connectivity index (χ0n) is 30.8. The van der Waals surface area contributed by atoms with E-state index in [0.29, 0.717) is 12.3 Å². The van der Waals surface area contributed by atoms with Crippen molar-refractivity contribution in [1.29, 1.82) is 0 Å². The second-order valence-electron chi connectivity index (χ2n) is 14.3. The maximum Gasteiger partial charge on any atom is 0.306 e. The van der Waals surface area contributed by atoms with Crippen molar-refractivity contribution < 1.29 is 14.0 Å². The minimum absolute atomic E-state index is 0.0343. The quantitative estimate of drug-likeness (QED) is 0.0325. The van der Waals surface area contributed by atoms with Gasteiger partial charge in [-0.25, -0.2) is 0 Å². The van der Waals surface area contributed by atoms with Crippen molar-refractivity contribution in [2.45, 2.75) is 187 Å². The molecule has 0 rings (SSSR count). The van der Waals surface area contributed by atoms with Crippen LogP contribution in [-0.2, 0) is 9.53 Å². The molecule has 3 nitrogen and oxygen atoms in total. The molecule has 0 heterocycles. The number of esters is 1. The normalized spacial score (nSPS) is 13.2. The SMILES string of the molecule is CCCCC/C=C\CCCC(CCC/C=C\CCCCC)C(CCC/C=C\CCCCC)OC(=O)CCCCC[N+](C)(C)C. The van der Waals surface area contributed by atoms with Gasteiger partial charge in [0.2, 0.25) is 0 Å². The average molecular weight is 617 g/mol. The van der Waals surface area contributed by atoms with Gasteiger partial charge in [-0.3, -0.25) is 4.79 Å². The van der Waals surface area contributed by atoms with E-state index in [1.807, 2.05) is 0 Å². The van der Waals surface area contributed by atoms with E-state index in [1.165, 1.54) is 96.3 Å². The van der Waals surface area contributed by atoms with Gasteiger partial charge in [-0.15, -0.1) is 0 Å². The Bertz CT molecular complexity index is 676. The summed E-state index contributed by atoms with van der Waals surface area (Å²) in [6.07, 6.45) is 43.7. The van der Waals surface area contributed by atoms with Gasteiger partial charge in [0.15, 0.2) is 0 Å². The number of hydrogen-bond acceptors (Lipinski definition) is 2. The van der Waals surface area contributed by atoms with Gasteiger partial charge in [0.25, 0.3) is 0 Å². The lowest BCUT2D eigenvalue weighted by atomic mass is 9.87. The molecule has 1 unspecified atom stereocenters. The Hall–Kier alpha value is -1.35. The Morgan fingerprint density at radius 2 is 0.932 bits per heavy atom. The van der Waals surface area contributed by atoms with Crippen LogP contribution in [-0.4, -0.2) is 44.2 Å². The van der Waals surface area contributed by atoms with Crippen molar-refractivity contribution in [1.82, 2.24) is 0 Å². The molecular formula is C41H78NO2+. The number of rotatable bonds is 32. The lowest BCUT2D eigenvalue weighted by Crippen LogP contribution is -2.35. The molecule has 0 saturated carbocycles. The Morgan fingerprint density at radius 3 is 1.34 bits per heavy atom. The van der Waals surface area contributed by atoms with Crippen LogP contribution in [0.1, 0.15) is 181 Å². The number of carbonyl (C=O) groups excluding carboxylic acids is 1. The van der Waals surface area contributed by atoms with Crippen LogP contribution in [0.5, 0.6) is 0 Å². The van der Waals surface area contributed by atoms with Crippen LogP contribution in [0.15, 0.2) is 36.5 Å². The highest BCUT2D eigenvalue weighted by Crippen LogP contribution is 2.27. The summed E-state index contributed by atoms with van der Waals surface area (Å²) in [5.41, 5.74) is 0. The van der Waals surface area contributed by atoms with Crippen molar-refractivity contribution in [2.24, 2.45) is 5.92 Å². The molecule has 0 spiro atoms. The van der Waals surface area contributed by atoms with Gasteiger partial charge in [0.1, 0.15) is 6.10 Å². The van der Waals surface area contributed by atoms with E-state index >= 15 is 0 Å². The molecular weight excluding hydrogens is 538 g/mol. The molecule has 0 aromatic heterocycles. The zero-order chi connectivity index (χ0) is 32.6. The zero-order valence-corrected chi connectivity index (χ0v) is 30.8. The molecule has 258 valence electrons. The fraction of sp³-hybridized carbons (Fsp3) is 0.829. The Labute approximate surface area is 277 Å². The molecule has 0 fully saturated rings. The third-order valence-electron chi connectivity index (χ3n) is 8.69. The Balaban J connectivity index is 5.17. The predicted molar refractivity (Wildman–Crippen MR) is 196 cm³/mol. The second-order valence-corrected chi connectivity index (χ2v) is 14.3. The maximum atomic E-state index is 13.1. The van der Waals surface area contributed by atoms with Crippen molar-refractivity contribution in [2.75, 3.05) is 27.7 Å². The first-order valence-corrected chi connectivity index (χ1v) is 19.3. The number of quaternary nitrogens is 1. The topological polar surface area (TPSA) is 26.3 Å². The molecule has 3 heteroatoms. The molecule has 1 atom stereocenters. The lowest BCUT2D eigenvalue weighted by Gasteiger charge is -2.27. The minimum Gasteiger partial charge on any atom is -0.462 e. The summed E-state index contributed by atoms with van der Waals surface area (Å²) in [6.45, 7) is 7.96. The molecule has 0 aliphatic heterocycles. The van der Waals surface area contributed by atoms with Gasteiger partial charge in [-0.05, 0) is 121 Å². The van der Waals surface area contributed by atoms with Gasteiger partial charge in [-0.2, -0.15) is 0 Å². The van der Waals surface area contributed by atoms with Crippen molar-refractivity contribution in [3.8, 4) is 0 Å². The second kappa shape index (κ2) is 31.6. The van der Waals surface area contributed by atoms with E-state index in [2.05, 4.69) is 78.4 Å². The first kappa shape index (κ1) is 42.6. The highest BCUT2D eigenvalue weighted by Gasteiger charge is 2.24. The number of unbranched alkanes of at least 4 members (excludes halogenated alkanes) is 14. The fourth-order valence-electron chi connectivity index (χ4n) is 5.84. The third-order valence-corrected chi connectivity index (χ3v) is 8.69. The van der Waals surface area contributed by atoms with E-state index < -0.39 is 0 Å². The fourth-order valence-corrected chi connectivity index (χ4v) is 5.84. The van der Waals surface area contributed by atoms with Crippen LogP contribution in [0.25, 0.3) is 0 Å². The van der Waals surface area contributed by atoms with Crippen molar-refractivity contribution in [3.05, 3.63) is 36.5 Å². The molecule has 0 aromatic rings. The smallest absolute Gasteiger partial charge is 0.306 e. The number of carbonyl (C=O) groups is 1. The van der Waals surface area contributed by atoms with Gasteiger partial charge >= 0.3 is 5.97 Å². The van der Waals surface area contributed by atoms with Gasteiger partial charge in [0, 0.05) is 6.42 Å². The molecule has 0 saturated heterocycles. The van der Waals surface area contributed by atoms with E-state index in [1.54, 1.807) is 0 Å². The summed E-state index contributed by atoms with van der Waals surface area (Å²) in [5.74, 6) is 0.500. The number of hydrogen-bond donors (Lipinski definition) is 0. The first-order valence-electron chi connectivity index (χ1n) is 19.3. The summed E-state index contributed by atoms with van der Waals surface area (Å²) in [7, 11) is 6.72. The Morgan fingerprint density at radius 1 is 0.523 bits per heavy atom. The number of nitrogens with zero attached hydrogens (tertiary/aromatic N) is 1. The summed E-state index contributed by atoms with van der Waals surface area (Å²) in [6, 6.07) is 0. The molecule has 0 bridgehead atoms. The average Bonchev–Trinajstić information content (AvgIpc) is 2.98. The predicted octanol–water partition coefficient (Wildman–Crippen LogP) is 12.7. The van der Waals surface area contributed by atoms with Crippen LogP contribution in [0, 0.1) is 5.92 Å². The summed E-state index contributed by atoms with van der Waals surface area (Å²) in [5, 5.41) is 0. The molecule has 0 radical (unpaired) electrons. The largest absolute Gasteiger partial charge is 0.462 e. The van der Waals surface area contributed by atoms with Crippen LogP contribution < -0.4 is 0 Å². The maximum absolute atomic E-state index is 13.1. The van der Waals surface area contributed by atoms with Crippen molar-refractivity contribution >= 4 is 5.97 Å². The van der Waals surface area contributed by atoms with Crippen LogP contribution >= 0.6 is 0 Å². The van der Waals surface area contributed by atoms with Crippen molar-refractivity contribution in [3.63, 3.8) is 0 Å². The van der Waals surface area contributed by atoms with E-state index in [4.69, 9.17) is 4.74 Å². The van der Waals surface area contributed by atoms with Crippen LogP contribution in [0.3, 0.4) is 0 Å². The monoisotopic (exact) mass is 617 g/mol. The lowest BCUT2D eigenvalue weighted by molar-refractivity contribution is -0.870. The van der Waals surface area contributed by atoms with Gasteiger partial charge < -0.3 is 9.22 Å². The highest BCUT2D eigenvalue weighted by molar-refractivity contribution is 5.69. The minimum atomic E-state index is 0.0343. The highest BCUT2D eigenvalue weighted by atomic mass is 16.5. The van der Waals surface area contributed by atoms with Gasteiger partial charge in [-0.1, -0.05) is 95.8 Å². The molecule has 44 heavy (non-hydrogen) atoms. The van der Waals surface area contributed by atoms with E-state index in [9.17, 15) is 4.79 Å². The number of ether oxygens (including phenoxy) is 1. The Kier molecular flexibility index (Phi) is 30.7. The molecule has 0 aromatic carbocycles. The van der Waals surface area contributed by atoms with Crippen LogP contribution in [0.2, 0.25) is 0 Å². The summed E-state index contributed by atoms with van der Waals surface area (Å²) in [4.78, 5) is 13.1. The van der Waals surface area contributed by atoms with E-state index in [-0.39, 0.29) is 12.1 Å². The first-order chi connectivity index (χ1) is 21.3.